The first kappa shape index (κ1) is 12.6. The van der Waals surface area contributed by atoms with Crippen molar-refractivity contribution < 1.29 is 4.79 Å². The van der Waals surface area contributed by atoms with E-state index in [0.717, 1.165) is 41.4 Å². The summed E-state index contributed by atoms with van der Waals surface area (Å²) < 4.78 is 0.980. The molecule has 0 bridgehead atoms. The third-order valence-corrected chi connectivity index (χ3v) is 3.86. The van der Waals surface area contributed by atoms with Crippen molar-refractivity contribution in [2.24, 2.45) is 0 Å². The van der Waals surface area contributed by atoms with Crippen LogP contribution in [0.25, 0.3) is 0 Å². The summed E-state index contributed by atoms with van der Waals surface area (Å²) in [4.78, 5) is 14.5. The molecule has 1 aliphatic heterocycles. The maximum Gasteiger partial charge on any atom is 0.254 e. The van der Waals surface area contributed by atoms with E-state index < -0.39 is 0 Å². The van der Waals surface area contributed by atoms with Gasteiger partial charge in [0, 0.05) is 22.6 Å². The summed E-state index contributed by atoms with van der Waals surface area (Å²) in [6.45, 7) is 5.08. The van der Waals surface area contributed by atoms with Gasteiger partial charge in [0.1, 0.15) is 0 Å². The summed E-state index contributed by atoms with van der Waals surface area (Å²) >= 11 is 3.45. The van der Waals surface area contributed by atoms with Gasteiger partial charge < -0.3 is 4.90 Å². The summed E-state index contributed by atoms with van der Waals surface area (Å²) in [6.07, 6.45) is 3.34. The van der Waals surface area contributed by atoms with Crippen molar-refractivity contribution in [2.75, 3.05) is 6.54 Å². The number of nitrogens with zero attached hydrogens (tertiary/aromatic N) is 1. The number of likely N-dealkylation sites (tertiary alicyclic amines) is 1. The third kappa shape index (κ3) is 2.71. The minimum absolute atomic E-state index is 0.179. The molecule has 1 aromatic rings. The second-order valence-corrected chi connectivity index (χ2v) is 5.64. The summed E-state index contributed by atoms with van der Waals surface area (Å²) in [7, 11) is 0. The number of halogens is 1. The van der Waals surface area contributed by atoms with Crippen molar-refractivity contribution in [1.82, 2.24) is 4.90 Å². The Labute approximate surface area is 111 Å². The molecule has 17 heavy (non-hydrogen) atoms. The van der Waals surface area contributed by atoms with Crippen LogP contribution in [0.4, 0.5) is 0 Å². The number of benzene rings is 1. The van der Waals surface area contributed by atoms with Crippen molar-refractivity contribution >= 4 is 21.8 Å². The van der Waals surface area contributed by atoms with Crippen LogP contribution in [0.2, 0.25) is 0 Å². The van der Waals surface area contributed by atoms with Crippen molar-refractivity contribution in [2.45, 2.75) is 39.2 Å². The van der Waals surface area contributed by atoms with Crippen LogP contribution in [0.3, 0.4) is 0 Å². The van der Waals surface area contributed by atoms with Crippen LogP contribution in [0.1, 0.15) is 42.1 Å². The molecule has 0 aliphatic carbocycles. The van der Waals surface area contributed by atoms with E-state index in [9.17, 15) is 4.79 Å². The molecule has 1 atom stereocenters. The van der Waals surface area contributed by atoms with E-state index in [1.54, 1.807) is 0 Å². The first-order valence-corrected chi connectivity index (χ1v) is 6.99. The second-order valence-electron chi connectivity index (χ2n) is 4.72. The molecule has 2 rings (SSSR count). The summed E-state index contributed by atoms with van der Waals surface area (Å²) in [6, 6.07) is 6.35. The minimum Gasteiger partial charge on any atom is -0.336 e. The third-order valence-electron chi connectivity index (χ3n) is 3.40. The SMILES string of the molecule is CCC1CCCN1C(=O)c1cc(C)cc(Br)c1. The molecule has 1 aliphatic rings. The zero-order valence-electron chi connectivity index (χ0n) is 10.4. The van der Waals surface area contributed by atoms with E-state index in [1.165, 1.54) is 0 Å². The molecule has 3 heteroatoms. The zero-order valence-corrected chi connectivity index (χ0v) is 12.0. The first-order chi connectivity index (χ1) is 8.11. The first-order valence-electron chi connectivity index (χ1n) is 6.20. The van der Waals surface area contributed by atoms with Crippen LogP contribution in [0.15, 0.2) is 22.7 Å². The quantitative estimate of drug-likeness (QED) is 0.813. The predicted molar refractivity (Wildman–Crippen MR) is 73.2 cm³/mol. The summed E-state index contributed by atoms with van der Waals surface area (Å²) in [5, 5.41) is 0. The van der Waals surface area contributed by atoms with Gasteiger partial charge in [-0.05, 0) is 49.9 Å². The number of amides is 1. The second kappa shape index (κ2) is 5.21. The van der Waals surface area contributed by atoms with Crippen molar-refractivity contribution in [3.63, 3.8) is 0 Å². The molecule has 92 valence electrons. The van der Waals surface area contributed by atoms with Gasteiger partial charge in [0.25, 0.3) is 5.91 Å². The molecule has 0 saturated carbocycles. The average Bonchev–Trinajstić information content (AvgIpc) is 2.74. The molecule has 0 aromatic heterocycles. The average molecular weight is 296 g/mol. The Kier molecular flexibility index (Phi) is 3.87. The Morgan fingerprint density at radius 1 is 1.47 bits per heavy atom. The van der Waals surface area contributed by atoms with E-state index in [4.69, 9.17) is 0 Å². The van der Waals surface area contributed by atoms with Gasteiger partial charge in [-0.2, -0.15) is 0 Å². The lowest BCUT2D eigenvalue weighted by Crippen LogP contribution is -2.35. The molecular weight excluding hydrogens is 278 g/mol. The smallest absolute Gasteiger partial charge is 0.254 e. The number of carbonyl (C=O) groups excluding carboxylic acids is 1. The fourth-order valence-corrected chi connectivity index (χ4v) is 3.16. The number of carbonyl (C=O) groups is 1. The Bertz CT molecular complexity index is 410. The zero-order chi connectivity index (χ0) is 12.4. The molecule has 1 saturated heterocycles. The predicted octanol–water partition coefficient (Wildman–Crippen LogP) is 3.77. The maximum absolute atomic E-state index is 12.4. The molecule has 0 spiro atoms. The molecule has 1 amide bonds. The van der Waals surface area contributed by atoms with Crippen molar-refractivity contribution in [3.8, 4) is 0 Å². The summed E-state index contributed by atoms with van der Waals surface area (Å²) in [5.74, 6) is 0.179. The highest BCUT2D eigenvalue weighted by atomic mass is 79.9. The molecule has 0 N–H and O–H groups in total. The fourth-order valence-electron chi connectivity index (χ4n) is 2.55. The maximum atomic E-state index is 12.4. The van der Waals surface area contributed by atoms with E-state index in [-0.39, 0.29) is 5.91 Å². The Balaban J connectivity index is 2.24. The standard InChI is InChI=1S/C14H18BrNO/c1-3-13-5-4-6-16(13)14(17)11-7-10(2)8-12(15)9-11/h7-9,13H,3-6H2,1-2H3. The largest absolute Gasteiger partial charge is 0.336 e. The van der Waals surface area contributed by atoms with Crippen LogP contribution in [-0.2, 0) is 0 Å². The number of hydrogen-bond acceptors (Lipinski definition) is 1. The van der Waals surface area contributed by atoms with E-state index in [2.05, 4.69) is 22.9 Å². The van der Waals surface area contributed by atoms with Gasteiger partial charge in [0.2, 0.25) is 0 Å². The van der Waals surface area contributed by atoms with Gasteiger partial charge in [0.05, 0.1) is 0 Å². The highest BCUT2D eigenvalue weighted by Gasteiger charge is 2.28. The number of rotatable bonds is 2. The van der Waals surface area contributed by atoms with Gasteiger partial charge in [-0.25, -0.2) is 0 Å². The van der Waals surface area contributed by atoms with E-state index in [1.807, 2.05) is 30.0 Å². The van der Waals surface area contributed by atoms with Crippen LogP contribution < -0.4 is 0 Å². The van der Waals surface area contributed by atoms with E-state index >= 15 is 0 Å². The fraction of sp³-hybridized carbons (Fsp3) is 0.500. The number of aryl methyl sites for hydroxylation is 1. The molecule has 2 nitrogen and oxygen atoms in total. The topological polar surface area (TPSA) is 20.3 Å². The van der Waals surface area contributed by atoms with Gasteiger partial charge in [0.15, 0.2) is 0 Å². The van der Waals surface area contributed by atoms with Gasteiger partial charge in [-0.15, -0.1) is 0 Å². The van der Waals surface area contributed by atoms with Crippen LogP contribution in [-0.4, -0.2) is 23.4 Å². The normalized spacial score (nSPS) is 19.7. The Morgan fingerprint density at radius 3 is 2.88 bits per heavy atom. The highest BCUT2D eigenvalue weighted by Crippen LogP contribution is 2.24. The molecule has 1 aromatic carbocycles. The van der Waals surface area contributed by atoms with E-state index in [0.29, 0.717) is 6.04 Å². The Morgan fingerprint density at radius 2 is 2.24 bits per heavy atom. The van der Waals surface area contributed by atoms with Gasteiger partial charge >= 0.3 is 0 Å². The molecule has 1 fully saturated rings. The van der Waals surface area contributed by atoms with Crippen LogP contribution in [0, 0.1) is 6.92 Å². The van der Waals surface area contributed by atoms with Gasteiger partial charge in [-0.1, -0.05) is 22.9 Å². The van der Waals surface area contributed by atoms with Crippen LogP contribution >= 0.6 is 15.9 Å². The minimum atomic E-state index is 0.179. The molecule has 1 heterocycles. The monoisotopic (exact) mass is 295 g/mol. The number of hydrogen-bond donors (Lipinski definition) is 0. The lowest BCUT2D eigenvalue weighted by Gasteiger charge is -2.24. The van der Waals surface area contributed by atoms with Crippen molar-refractivity contribution in [1.29, 1.82) is 0 Å². The lowest BCUT2D eigenvalue weighted by atomic mass is 10.1. The Hall–Kier alpha value is -0.830. The van der Waals surface area contributed by atoms with Gasteiger partial charge in [-0.3, -0.25) is 4.79 Å². The highest BCUT2D eigenvalue weighted by molar-refractivity contribution is 9.10. The molecule has 1 unspecified atom stereocenters. The molecular formula is C14H18BrNO. The lowest BCUT2D eigenvalue weighted by molar-refractivity contribution is 0.0733. The molecule has 0 radical (unpaired) electrons. The van der Waals surface area contributed by atoms with Crippen LogP contribution in [0.5, 0.6) is 0 Å². The van der Waals surface area contributed by atoms with Crippen molar-refractivity contribution in [3.05, 3.63) is 33.8 Å². The summed E-state index contributed by atoms with van der Waals surface area (Å²) in [5.41, 5.74) is 1.92.